The molecular weight excluding hydrogens is 258 g/mol. The van der Waals surface area contributed by atoms with Crippen molar-refractivity contribution in [3.05, 3.63) is 0 Å². The molecule has 0 radical (unpaired) electrons. The molecule has 0 rings (SSSR count). The quantitative estimate of drug-likeness (QED) is 0.754. The highest BCUT2D eigenvalue weighted by Crippen LogP contribution is 2.14. The third-order valence-electron chi connectivity index (χ3n) is 2.31. The van der Waals surface area contributed by atoms with Gasteiger partial charge in [0.2, 0.25) is 0 Å². The number of carbonyl (C=O) groups is 1. The van der Waals surface area contributed by atoms with E-state index in [4.69, 9.17) is 5.26 Å². The number of carbonyl (C=O) groups excluding carboxylic acids is 1. The Labute approximate surface area is 108 Å². The second-order valence-corrected chi connectivity index (χ2v) is 5.48. The van der Waals surface area contributed by atoms with E-state index >= 15 is 0 Å². The highest BCUT2D eigenvalue weighted by Gasteiger charge is 2.32. The van der Waals surface area contributed by atoms with Crippen molar-refractivity contribution in [2.75, 3.05) is 0 Å². The van der Waals surface area contributed by atoms with Crippen LogP contribution < -0.4 is 9.44 Å². The van der Waals surface area contributed by atoms with E-state index in [2.05, 4.69) is 9.46 Å². The van der Waals surface area contributed by atoms with E-state index < -0.39 is 27.9 Å². The third-order valence-corrected chi connectivity index (χ3v) is 3.41. The Morgan fingerprint density at radius 2 is 1.89 bits per heavy atom. The number of nitrogens with one attached hydrogen (secondary N) is 2. The fourth-order valence-electron chi connectivity index (χ4n) is 1.21. The Morgan fingerprint density at radius 1 is 1.39 bits per heavy atom. The molecule has 0 aliphatic heterocycles. The van der Waals surface area contributed by atoms with Gasteiger partial charge in [0.25, 0.3) is 0 Å². The number of hydrogen-bond donors (Lipinski definition) is 2. The lowest BCUT2D eigenvalue weighted by Gasteiger charge is -2.24. The number of nitrogens with zero attached hydrogens (tertiary/aromatic N) is 1. The lowest BCUT2D eigenvalue weighted by Crippen LogP contribution is -2.52. The summed E-state index contributed by atoms with van der Waals surface area (Å²) >= 11 is 0. The normalized spacial score (nSPS) is 12.0. The van der Waals surface area contributed by atoms with Gasteiger partial charge in [0, 0.05) is 0 Å². The molecule has 0 aromatic heterocycles. The van der Waals surface area contributed by atoms with E-state index in [1.54, 1.807) is 32.4 Å². The van der Waals surface area contributed by atoms with Crippen molar-refractivity contribution in [1.82, 2.24) is 9.44 Å². The molecule has 18 heavy (non-hydrogen) atoms. The second kappa shape index (κ2) is 6.56. The molecule has 8 heteroatoms. The standard InChI is InChI=1S/C10H19N3O4S/c1-5-10(6-2,7-11)13-18(15,16)12-9(14)17-8(3)4/h8,13H,5-6H2,1-4H3,(H,12,14). The molecule has 104 valence electrons. The monoisotopic (exact) mass is 277 g/mol. The summed E-state index contributed by atoms with van der Waals surface area (Å²) in [6.07, 6.45) is -0.921. The molecule has 0 aliphatic carbocycles. The molecule has 0 bridgehead atoms. The van der Waals surface area contributed by atoms with Gasteiger partial charge in [-0.05, 0) is 26.7 Å². The fourth-order valence-corrected chi connectivity index (χ4v) is 2.37. The Bertz CT molecular complexity index is 421. The van der Waals surface area contributed by atoms with Crippen LogP contribution in [0.2, 0.25) is 0 Å². The molecule has 2 N–H and O–H groups in total. The summed E-state index contributed by atoms with van der Waals surface area (Å²) < 4.78 is 31.8. The molecular formula is C10H19N3O4S. The summed E-state index contributed by atoms with van der Waals surface area (Å²) in [7, 11) is -4.12. The van der Waals surface area contributed by atoms with E-state index in [1.807, 2.05) is 6.07 Å². The van der Waals surface area contributed by atoms with Gasteiger partial charge < -0.3 is 4.74 Å². The first-order valence-electron chi connectivity index (χ1n) is 5.64. The Kier molecular flexibility index (Phi) is 6.08. The second-order valence-electron chi connectivity index (χ2n) is 4.06. The summed E-state index contributed by atoms with van der Waals surface area (Å²) in [4.78, 5) is 11.2. The van der Waals surface area contributed by atoms with Crippen molar-refractivity contribution < 1.29 is 17.9 Å². The van der Waals surface area contributed by atoms with Gasteiger partial charge in [0.1, 0.15) is 5.54 Å². The molecule has 0 aromatic rings. The Balaban J connectivity index is 4.77. The molecule has 0 fully saturated rings. The van der Waals surface area contributed by atoms with Crippen molar-refractivity contribution in [3.8, 4) is 6.07 Å². The van der Waals surface area contributed by atoms with Gasteiger partial charge in [-0.2, -0.15) is 18.4 Å². The predicted molar refractivity (Wildman–Crippen MR) is 65.7 cm³/mol. The smallest absolute Gasteiger partial charge is 0.422 e. The van der Waals surface area contributed by atoms with Crippen LogP contribution in [0.15, 0.2) is 0 Å². The maximum Gasteiger partial charge on any atom is 0.422 e. The first kappa shape index (κ1) is 16.7. The summed E-state index contributed by atoms with van der Waals surface area (Å²) in [5.41, 5.74) is -1.22. The van der Waals surface area contributed by atoms with E-state index in [0.717, 1.165) is 0 Å². The van der Waals surface area contributed by atoms with Crippen LogP contribution >= 0.6 is 0 Å². The van der Waals surface area contributed by atoms with Crippen LogP contribution in [0.25, 0.3) is 0 Å². The molecule has 7 nitrogen and oxygen atoms in total. The van der Waals surface area contributed by atoms with Crippen LogP contribution in [0.5, 0.6) is 0 Å². The largest absolute Gasteiger partial charge is 0.446 e. The zero-order chi connectivity index (χ0) is 14.4. The highest BCUT2D eigenvalue weighted by molar-refractivity contribution is 7.88. The molecule has 0 saturated heterocycles. The SMILES string of the molecule is CCC(C#N)(CC)NS(=O)(=O)NC(=O)OC(C)C. The van der Waals surface area contributed by atoms with Crippen LogP contribution in [0.4, 0.5) is 4.79 Å². The van der Waals surface area contributed by atoms with E-state index in [9.17, 15) is 13.2 Å². The van der Waals surface area contributed by atoms with Gasteiger partial charge in [-0.1, -0.05) is 13.8 Å². The maximum absolute atomic E-state index is 11.6. The van der Waals surface area contributed by atoms with Crippen LogP contribution in [0.1, 0.15) is 40.5 Å². The predicted octanol–water partition coefficient (Wildman–Crippen LogP) is 1.04. The minimum absolute atomic E-state index is 0.292. The van der Waals surface area contributed by atoms with Gasteiger partial charge in [-0.15, -0.1) is 0 Å². The minimum Gasteiger partial charge on any atom is -0.446 e. The first-order valence-corrected chi connectivity index (χ1v) is 7.12. The van der Waals surface area contributed by atoms with Gasteiger partial charge in [0.15, 0.2) is 0 Å². The zero-order valence-electron chi connectivity index (χ0n) is 11.0. The Morgan fingerprint density at radius 3 is 2.22 bits per heavy atom. The topological polar surface area (TPSA) is 108 Å². The van der Waals surface area contributed by atoms with Crippen LogP contribution in [0.3, 0.4) is 0 Å². The van der Waals surface area contributed by atoms with Crippen molar-refractivity contribution in [2.24, 2.45) is 0 Å². The van der Waals surface area contributed by atoms with Gasteiger partial charge >= 0.3 is 16.3 Å². The molecule has 1 amide bonds. The molecule has 0 aliphatic rings. The molecule has 0 aromatic carbocycles. The van der Waals surface area contributed by atoms with Crippen LogP contribution in [-0.2, 0) is 14.9 Å². The molecule has 0 unspecified atom stereocenters. The minimum atomic E-state index is -4.12. The van der Waals surface area contributed by atoms with Crippen LogP contribution in [-0.4, -0.2) is 26.2 Å². The van der Waals surface area contributed by atoms with E-state index in [0.29, 0.717) is 12.8 Å². The summed E-state index contributed by atoms with van der Waals surface area (Å²) in [6, 6.07) is 1.90. The van der Waals surface area contributed by atoms with Crippen molar-refractivity contribution >= 4 is 16.3 Å². The van der Waals surface area contributed by atoms with E-state index in [1.165, 1.54) is 0 Å². The Hall–Kier alpha value is -1.33. The van der Waals surface area contributed by atoms with E-state index in [-0.39, 0.29) is 0 Å². The molecule has 0 saturated carbocycles. The van der Waals surface area contributed by atoms with Crippen molar-refractivity contribution in [3.63, 3.8) is 0 Å². The van der Waals surface area contributed by atoms with Crippen molar-refractivity contribution in [1.29, 1.82) is 5.26 Å². The van der Waals surface area contributed by atoms with Gasteiger partial charge in [0.05, 0.1) is 12.2 Å². The molecule has 0 spiro atoms. The lowest BCUT2D eigenvalue weighted by molar-refractivity contribution is 0.121. The molecule has 0 heterocycles. The summed E-state index contributed by atoms with van der Waals surface area (Å²) in [5, 5.41) is 9.00. The molecule has 0 atom stereocenters. The highest BCUT2D eigenvalue weighted by atomic mass is 32.2. The average Bonchev–Trinajstić information content (AvgIpc) is 2.24. The van der Waals surface area contributed by atoms with Crippen molar-refractivity contribution in [2.45, 2.75) is 52.2 Å². The van der Waals surface area contributed by atoms with Gasteiger partial charge in [-0.3, -0.25) is 0 Å². The number of ether oxygens (including phenoxy) is 1. The third kappa shape index (κ3) is 5.33. The van der Waals surface area contributed by atoms with Gasteiger partial charge in [-0.25, -0.2) is 9.52 Å². The maximum atomic E-state index is 11.6. The number of nitriles is 1. The number of hydrogen-bond acceptors (Lipinski definition) is 5. The first-order chi connectivity index (χ1) is 8.20. The summed E-state index contributed by atoms with van der Waals surface area (Å²) in [5.74, 6) is 0. The zero-order valence-corrected chi connectivity index (χ0v) is 11.8. The summed E-state index contributed by atoms with van der Waals surface area (Å²) in [6.45, 7) is 6.55. The number of rotatable bonds is 6. The van der Waals surface area contributed by atoms with Crippen LogP contribution in [0, 0.1) is 11.3 Å². The fraction of sp³-hybridized carbons (Fsp3) is 0.800. The number of amides is 1. The lowest BCUT2D eigenvalue weighted by atomic mass is 9.97. The average molecular weight is 277 g/mol.